The van der Waals surface area contributed by atoms with E-state index in [4.69, 9.17) is 37.9 Å². The molecule has 0 bridgehead atoms. The molecule has 3 aliphatic rings. The quantitative estimate of drug-likeness (QED) is 0.434. The molecule has 8 N–H and O–H groups in total. The Labute approximate surface area is 201 Å². The number of rotatable bonds is 4. The van der Waals surface area contributed by atoms with E-state index in [0.717, 1.165) is 39.0 Å². The number of piperidine rings is 2. The smallest absolute Gasteiger partial charge is 0.232 e. The van der Waals surface area contributed by atoms with Gasteiger partial charge in [-0.05, 0) is 25.0 Å². The summed E-state index contributed by atoms with van der Waals surface area (Å²) in [5.41, 5.74) is 26.3. The van der Waals surface area contributed by atoms with Crippen LogP contribution in [0, 0.1) is 0 Å². The average Bonchev–Trinajstić information content (AvgIpc) is 2.83. The van der Waals surface area contributed by atoms with E-state index in [1.165, 1.54) is 5.69 Å². The number of hydrogen-bond donors (Lipinski definition) is 4. The Bertz CT molecular complexity index is 885. The zero-order valence-corrected chi connectivity index (χ0v) is 19.7. The van der Waals surface area contributed by atoms with Gasteiger partial charge in [0.05, 0.1) is 0 Å². The van der Waals surface area contributed by atoms with Crippen molar-refractivity contribution >= 4 is 23.5 Å². The molecule has 1 aromatic carbocycles. The highest BCUT2D eigenvalue weighted by molar-refractivity contribution is 5.51. The van der Waals surface area contributed by atoms with Gasteiger partial charge < -0.3 is 42.5 Å². The Hall–Kier alpha value is -2.73. The molecule has 0 unspecified atom stereocenters. The SMILES string of the molecule is N[C@@H]1C[C@H](N)CN(c2nc(N3CCN(c4ccccc4)CC3)nc(N3C[C@H](N)C[C@H](N)C3)n2)C1. The molecule has 4 atom stereocenters. The number of piperazine rings is 1. The highest BCUT2D eigenvalue weighted by Gasteiger charge is 2.30. The van der Waals surface area contributed by atoms with Gasteiger partial charge in [-0.2, -0.15) is 15.0 Å². The van der Waals surface area contributed by atoms with Crippen molar-refractivity contribution in [3.8, 4) is 0 Å². The fourth-order valence-electron chi connectivity index (χ4n) is 5.25. The van der Waals surface area contributed by atoms with E-state index >= 15 is 0 Å². The summed E-state index contributed by atoms with van der Waals surface area (Å²) in [5.74, 6) is 1.95. The summed E-state index contributed by atoms with van der Waals surface area (Å²) in [4.78, 5) is 23.4. The van der Waals surface area contributed by atoms with E-state index < -0.39 is 0 Å². The summed E-state index contributed by atoms with van der Waals surface area (Å²) in [7, 11) is 0. The third-order valence-corrected chi connectivity index (χ3v) is 6.88. The molecule has 0 radical (unpaired) electrons. The van der Waals surface area contributed by atoms with Crippen LogP contribution in [0.4, 0.5) is 23.5 Å². The molecule has 4 heterocycles. The van der Waals surface area contributed by atoms with Crippen LogP contribution in [0.25, 0.3) is 0 Å². The van der Waals surface area contributed by atoms with Gasteiger partial charge in [-0.3, -0.25) is 0 Å². The third-order valence-electron chi connectivity index (χ3n) is 6.88. The van der Waals surface area contributed by atoms with Crippen molar-refractivity contribution in [2.24, 2.45) is 22.9 Å². The maximum Gasteiger partial charge on any atom is 0.232 e. The van der Waals surface area contributed by atoms with Crippen LogP contribution >= 0.6 is 0 Å². The minimum atomic E-state index is -0.00124. The molecule has 0 amide bonds. The van der Waals surface area contributed by atoms with E-state index in [1.54, 1.807) is 0 Å². The van der Waals surface area contributed by atoms with E-state index in [0.29, 0.717) is 44.0 Å². The predicted octanol–water partition coefficient (Wildman–Crippen LogP) is -1.07. The fourth-order valence-corrected chi connectivity index (χ4v) is 5.25. The minimum absolute atomic E-state index is 0.00124. The second-order valence-corrected chi connectivity index (χ2v) is 9.87. The first-order chi connectivity index (χ1) is 16.4. The van der Waals surface area contributed by atoms with Crippen molar-refractivity contribution in [3.63, 3.8) is 0 Å². The first-order valence-corrected chi connectivity index (χ1v) is 12.3. The Kier molecular flexibility index (Phi) is 6.68. The second-order valence-electron chi connectivity index (χ2n) is 9.87. The van der Waals surface area contributed by atoms with E-state index in [9.17, 15) is 0 Å². The Balaban J connectivity index is 1.40. The molecule has 0 spiro atoms. The first-order valence-electron chi connectivity index (χ1n) is 12.3. The number of nitrogens with zero attached hydrogens (tertiary/aromatic N) is 7. The van der Waals surface area contributed by atoms with Crippen LogP contribution in [0.5, 0.6) is 0 Å². The molecule has 5 rings (SSSR count). The lowest BCUT2D eigenvalue weighted by molar-refractivity contribution is 0.440. The van der Waals surface area contributed by atoms with Crippen LogP contribution < -0.4 is 42.5 Å². The summed E-state index contributed by atoms with van der Waals surface area (Å²) >= 11 is 0. The maximum atomic E-state index is 6.27. The largest absolute Gasteiger partial charge is 0.368 e. The molecule has 2 aromatic rings. The summed E-state index contributed by atoms with van der Waals surface area (Å²) in [6.07, 6.45) is 1.61. The highest BCUT2D eigenvalue weighted by atomic mass is 15.4. The average molecular weight is 468 g/mol. The summed E-state index contributed by atoms with van der Waals surface area (Å²) in [5, 5.41) is 0. The van der Waals surface area contributed by atoms with Crippen LogP contribution in [0.15, 0.2) is 30.3 Å². The third kappa shape index (κ3) is 5.17. The van der Waals surface area contributed by atoms with Gasteiger partial charge in [0.15, 0.2) is 0 Å². The van der Waals surface area contributed by atoms with Gasteiger partial charge in [-0.15, -0.1) is 0 Å². The van der Waals surface area contributed by atoms with Crippen LogP contribution in [-0.2, 0) is 0 Å². The topological polar surface area (TPSA) is 156 Å². The standard InChI is InChI=1S/C23H37N11/c24-16-10-17(25)13-33(12-16)22-28-21(29-23(30-22)34-14-18(26)11-19(27)15-34)32-8-6-31(7-9-32)20-4-2-1-3-5-20/h1-5,16-19H,6-15,24-27H2/t16-,17+,18-,19+. The Morgan fingerprint density at radius 2 is 0.912 bits per heavy atom. The Morgan fingerprint density at radius 3 is 1.35 bits per heavy atom. The molecule has 11 nitrogen and oxygen atoms in total. The van der Waals surface area contributed by atoms with Gasteiger partial charge in [0, 0.05) is 82.2 Å². The van der Waals surface area contributed by atoms with Crippen LogP contribution in [0.3, 0.4) is 0 Å². The van der Waals surface area contributed by atoms with Gasteiger partial charge in [-0.1, -0.05) is 18.2 Å². The number of nitrogens with two attached hydrogens (primary N) is 4. The van der Waals surface area contributed by atoms with Crippen molar-refractivity contribution in [3.05, 3.63) is 30.3 Å². The van der Waals surface area contributed by atoms with Crippen molar-refractivity contribution in [1.82, 2.24) is 15.0 Å². The number of anilines is 4. The molecule has 34 heavy (non-hydrogen) atoms. The lowest BCUT2D eigenvalue weighted by Gasteiger charge is -2.39. The lowest BCUT2D eigenvalue weighted by Crippen LogP contribution is -2.54. The van der Waals surface area contributed by atoms with Crippen molar-refractivity contribution in [2.75, 3.05) is 72.0 Å². The molecule has 0 saturated carbocycles. The highest BCUT2D eigenvalue weighted by Crippen LogP contribution is 2.25. The number of para-hydroxylation sites is 1. The summed E-state index contributed by atoms with van der Waals surface area (Å²) < 4.78 is 0. The molecule has 184 valence electrons. The number of aromatic nitrogens is 3. The molecule has 3 fully saturated rings. The van der Waals surface area contributed by atoms with Gasteiger partial charge in [0.2, 0.25) is 17.8 Å². The van der Waals surface area contributed by atoms with Gasteiger partial charge >= 0.3 is 0 Å². The number of benzene rings is 1. The minimum Gasteiger partial charge on any atom is -0.368 e. The van der Waals surface area contributed by atoms with E-state index in [1.807, 2.05) is 6.07 Å². The monoisotopic (exact) mass is 467 g/mol. The van der Waals surface area contributed by atoms with Crippen LogP contribution in [0.2, 0.25) is 0 Å². The molecule has 0 aliphatic carbocycles. The zero-order chi connectivity index (χ0) is 23.7. The van der Waals surface area contributed by atoms with E-state index in [-0.39, 0.29) is 24.2 Å². The van der Waals surface area contributed by atoms with Gasteiger partial charge in [0.1, 0.15) is 0 Å². The summed E-state index contributed by atoms with van der Waals surface area (Å²) in [6.45, 7) is 6.17. The first kappa shape index (κ1) is 23.0. The van der Waals surface area contributed by atoms with Gasteiger partial charge in [-0.25, -0.2) is 0 Å². The molecule has 11 heteroatoms. The van der Waals surface area contributed by atoms with Crippen LogP contribution in [0.1, 0.15) is 12.8 Å². The summed E-state index contributed by atoms with van der Waals surface area (Å²) in [6, 6.07) is 10.5. The normalized spacial score (nSPS) is 28.4. The van der Waals surface area contributed by atoms with Crippen molar-refractivity contribution in [1.29, 1.82) is 0 Å². The maximum absolute atomic E-state index is 6.27. The molecular weight excluding hydrogens is 430 g/mol. The molecular formula is C23H37N11. The van der Waals surface area contributed by atoms with Gasteiger partial charge in [0.25, 0.3) is 0 Å². The molecule has 3 aliphatic heterocycles. The lowest BCUT2D eigenvalue weighted by atomic mass is 10.0. The second kappa shape index (κ2) is 9.87. The predicted molar refractivity (Wildman–Crippen MR) is 136 cm³/mol. The molecule has 3 saturated heterocycles. The molecule has 1 aromatic heterocycles. The number of hydrogen-bond acceptors (Lipinski definition) is 11. The Morgan fingerprint density at radius 1 is 0.529 bits per heavy atom. The van der Waals surface area contributed by atoms with Crippen molar-refractivity contribution < 1.29 is 0 Å². The van der Waals surface area contributed by atoms with Crippen LogP contribution in [-0.4, -0.2) is 91.5 Å². The fraction of sp³-hybridized carbons (Fsp3) is 0.609. The zero-order valence-electron chi connectivity index (χ0n) is 19.7. The van der Waals surface area contributed by atoms with E-state index in [2.05, 4.69) is 43.9 Å². The van der Waals surface area contributed by atoms with Crippen molar-refractivity contribution in [2.45, 2.75) is 37.0 Å².